The van der Waals surface area contributed by atoms with Gasteiger partial charge in [0.15, 0.2) is 0 Å². The van der Waals surface area contributed by atoms with Crippen molar-refractivity contribution < 1.29 is 9.59 Å². The van der Waals surface area contributed by atoms with Gasteiger partial charge in [-0.2, -0.15) is 0 Å². The summed E-state index contributed by atoms with van der Waals surface area (Å²) in [5.41, 5.74) is 1.68. The van der Waals surface area contributed by atoms with E-state index >= 15 is 0 Å². The van der Waals surface area contributed by atoms with Gasteiger partial charge in [-0.3, -0.25) is 9.59 Å². The fourth-order valence-corrected chi connectivity index (χ4v) is 2.10. The number of thioether (sulfide) groups is 1. The SMILES string of the molecule is CNC(=O)Cc1ccc(NC(=O)CSC(C)(C)C)cc1. The van der Waals surface area contributed by atoms with Gasteiger partial charge in [-0.05, 0) is 17.7 Å². The number of amides is 2. The average molecular weight is 294 g/mol. The van der Waals surface area contributed by atoms with Crippen molar-refractivity contribution in [2.45, 2.75) is 31.9 Å². The number of benzene rings is 1. The second-order valence-corrected chi connectivity index (χ2v) is 7.30. The van der Waals surface area contributed by atoms with Crippen LogP contribution >= 0.6 is 11.8 Å². The van der Waals surface area contributed by atoms with Gasteiger partial charge in [0.1, 0.15) is 0 Å². The standard InChI is InChI=1S/C15H22N2O2S/c1-15(2,3)20-10-14(19)17-12-7-5-11(6-8-12)9-13(18)16-4/h5-8H,9-10H2,1-4H3,(H,16,18)(H,17,19). The van der Waals surface area contributed by atoms with E-state index in [1.807, 2.05) is 24.3 Å². The van der Waals surface area contributed by atoms with Crippen molar-refractivity contribution in [1.82, 2.24) is 5.32 Å². The molecular formula is C15H22N2O2S. The summed E-state index contributed by atoms with van der Waals surface area (Å²) in [6, 6.07) is 7.33. The van der Waals surface area contributed by atoms with Gasteiger partial charge in [-0.1, -0.05) is 32.9 Å². The normalized spacial score (nSPS) is 11.0. The smallest absolute Gasteiger partial charge is 0.234 e. The second kappa shape index (κ2) is 7.33. The van der Waals surface area contributed by atoms with E-state index in [9.17, 15) is 9.59 Å². The lowest BCUT2D eigenvalue weighted by molar-refractivity contribution is -0.120. The Kier molecular flexibility index (Phi) is 6.07. The first-order valence-electron chi connectivity index (χ1n) is 6.53. The minimum atomic E-state index is -0.0247. The van der Waals surface area contributed by atoms with Crippen molar-refractivity contribution in [3.8, 4) is 0 Å². The van der Waals surface area contributed by atoms with E-state index in [0.29, 0.717) is 12.2 Å². The zero-order valence-corrected chi connectivity index (χ0v) is 13.3. The van der Waals surface area contributed by atoms with Gasteiger partial charge >= 0.3 is 0 Å². The molecule has 4 nitrogen and oxygen atoms in total. The van der Waals surface area contributed by atoms with Crippen molar-refractivity contribution in [2.75, 3.05) is 18.1 Å². The molecule has 0 saturated heterocycles. The number of hydrogen-bond donors (Lipinski definition) is 2. The van der Waals surface area contributed by atoms with E-state index in [-0.39, 0.29) is 16.6 Å². The molecule has 1 aromatic carbocycles. The minimum Gasteiger partial charge on any atom is -0.359 e. The molecule has 0 spiro atoms. The summed E-state index contributed by atoms with van der Waals surface area (Å²) < 4.78 is 0.0781. The molecule has 0 saturated carbocycles. The molecule has 20 heavy (non-hydrogen) atoms. The number of nitrogens with one attached hydrogen (secondary N) is 2. The lowest BCUT2D eigenvalue weighted by atomic mass is 10.1. The Morgan fingerprint density at radius 2 is 1.70 bits per heavy atom. The molecule has 2 N–H and O–H groups in total. The van der Waals surface area contributed by atoms with Gasteiger partial charge in [0.25, 0.3) is 0 Å². The minimum absolute atomic E-state index is 0.0102. The molecule has 0 bridgehead atoms. The molecule has 2 amide bonds. The van der Waals surface area contributed by atoms with Gasteiger partial charge < -0.3 is 10.6 Å². The number of carbonyl (C=O) groups excluding carboxylic acids is 2. The first kappa shape index (κ1) is 16.6. The van der Waals surface area contributed by atoms with Gasteiger partial charge in [0, 0.05) is 17.5 Å². The number of carbonyl (C=O) groups is 2. The molecule has 0 heterocycles. The molecule has 1 rings (SSSR count). The zero-order valence-electron chi connectivity index (χ0n) is 12.4. The number of hydrogen-bond acceptors (Lipinski definition) is 3. The lowest BCUT2D eigenvalue weighted by Gasteiger charge is -2.17. The van der Waals surface area contributed by atoms with Crippen LogP contribution in [0.25, 0.3) is 0 Å². The third-order valence-corrected chi connectivity index (χ3v) is 3.79. The first-order chi connectivity index (χ1) is 9.30. The van der Waals surface area contributed by atoms with E-state index in [2.05, 4.69) is 31.4 Å². The van der Waals surface area contributed by atoms with Crippen LogP contribution in [0.5, 0.6) is 0 Å². The van der Waals surface area contributed by atoms with E-state index < -0.39 is 0 Å². The van der Waals surface area contributed by atoms with E-state index in [0.717, 1.165) is 11.3 Å². The summed E-state index contributed by atoms with van der Waals surface area (Å²) in [5, 5.41) is 5.43. The van der Waals surface area contributed by atoms with Crippen LogP contribution in [0.15, 0.2) is 24.3 Å². The number of rotatable bonds is 5. The van der Waals surface area contributed by atoms with E-state index in [1.165, 1.54) is 0 Å². The Hall–Kier alpha value is -1.49. The molecule has 0 aliphatic carbocycles. The van der Waals surface area contributed by atoms with Crippen LogP contribution in [0.4, 0.5) is 5.69 Å². The van der Waals surface area contributed by atoms with E-state index in [1.54, 1.807) is 18.8 Å². The van der Waals surface area contributed by atoms with Crippen LogP contribution in [-0.2, 0) is 16.0 Å². The third-order valence-electron chi connectivity index (χ3n) is 2.52. The quantitative estimate of drug-likeness (QED) is 0.877. The Balaban J connectivity index is 2.49. The maximum absolute atomic E-state index is 11.8. The first-order valence-corrected chi connectivity index (χ1v) is 7.52. The summed E-state index contributed by atoms with van der Waals surface area (Å²) in [5.74, 6) is 0.399. The summed E-state index contributed by atoms with van der Waals surface area (Å²) in [7, 11) is 1.61. The lowest BCUT2D eigenvalue weighted by Crippen LogP contribution is -2.20. The molecule has 0 aliphatic heterocycles. The molecule has 0 atom stereocenters. The van der Waals surface area contributed by atoms with Gasteiger partial charge in [-0.25, -0.2) is 0 Å². The van der Waals surface area contributed by atoms with Crippen LogP contribution in [0, 0.1) is 0 Å². The Morgan fingerprint density at radius 3 is 2.20 bits per heavy atom. The Morgan fingerprint density at radius 1 is 1.10 bits per heavy atom. The zero-order chi connectivity index (χ0) is 15.2. The van der Waals surface area contributed by atoms with Crippen LogP contribution in [0.2, 0.25) is 0 Å². The van der Waals surface area contributed by atoms with Crippen molar-refractivity contribution in [2.24, 2.45) is 0 Å². The predicted molar refractivity (Wildman–Crippen MR) is 85.1 cm³/mol. The topological polar surface area (TPSA) is 58.2 Å². The highest BCUT2D eigenvalue weighted by Gasteiger charge is 2.13. The van der Waals surface area contributed by atoms with Crippen LogP contribution in [-0.4, -0.2) is 29.4 Å². The highest BCUT2D eigenvalue weighted by molar-refractivity contribution is 8.01. The monoisotopic (exact) mass is 294 g/mol. The fourth-order valence-electron chi connectivity index (χ4n) is 1.46. The predicted octanol–water partition coefficient (Wildman–Crippen LogP) is 2.45. The van der Waals surface area contributed by atoms with Crippen molar-refractivity contribution in [1.29, 1.82) is 0 Å². The molecule has 0 aliphatic rings. The number of anilines is 1. The van der Waals surface area contributed by atoms with E-state index in [4.69, 9.17) is 0 Å². The van der Waals surface area contributed by atoms with Crippen molar-refractivity contribution in [3.63, 3.8) is 0 Å². The molecule has 110 valence electrons. The Bertz CT molecular complexity index is 464. The van der Waals surface area contributed by atoms with Gasteiger partial charge in [-0.15, -0.1) is 11.8 Å². The molecule has 0 aromatic heterocycles. The molecule has 0 fully saturated rings. The maximum atomic E-state index is 11.8. The summed E-state index contributed by atoms with van der Waals surface area (Å²) in [6.07, 6.45) is 0.352. The molecule has 1 aromatic rings. The highest BCUT2D eigenvalue weighted by atomic mass is 32.2. The molecular weight excluding hydrogens is 272 g/mol. The van der Waals surface area contributed by atoms with Gasteiger partial charge in [0.2, 0.25) is 11.8 Å². The van der Waals surface area contributed by atoms with Crippen LogP contribution < -0.4 is 10.6 Å². The summed E-state index contributed by atoms with van der Waals surface area (Å²) in [6.45, 7) is 6.25. The van der Waals surface area contributed by atoms with Crippen LogP contribution in [0.1, 0.15) is 26.3 Å². The number of likely N-dealkylation sites (N-methyl/N-ethyl adjacent to an activating group) is 1. The second-order valence-electron chi connectivity index (χ2n) is 5.50. The third kappa shape index (κ3) is 6.61. The molecule has 0 unspecified atom stereocenters. The van der Waals surface area contributed by atoms with Crippen LogP contribution in [0.3, 0.4) is 0 Å². The molecule has 5 heteroatoms. The maximum Gasteiger partial charge on any atom is 0.234 e. The summed E-state index contributed by atoms with van der Waals surface area (Å²) >= 11 is 1.61. The summed E-state index contributed by atoms with van der Waals surface area (Å²) in [4.78, 5) is 23.0. The Labute approximate surface area is 124 Å². The van der Waals surface area contributed by atoms with Crippen molar-refractivity contribution >= 4 is 29.3 Å². The van der Waals surface area contributed by atoms with Gasteiger partial charge in [0.05, 0.1) is 12.2 Å². The molecule has 0 radical (unpaired) electrons. The highest BCUT2D eigenvalue weighted by Crippen LogP contribution is 2.23. The fraction of sp³-hybridized carbons (Fsp3) is 0.467. The van der Waals surface area contributed by atoms with Crippen molar-refractivity contribution in [3.05, 3.63) is 29.8 Å². The largest absolute Gasteiger partial charge is 0.359 e. The average Bonchev–Trinajstić information content (AvgIpc) is 2.38.